The van der Waals surface area contributed by atoms with Gasteiger partial charge in [-0.2, -0.15) is 0 Å². The Morgan fingerprint density at radius 3 is 2.00 bits per heavy atom. The first kappa shape index (κ1) is 61.9. The lowest BCUT2D eigenvalue weighted by atomic mass is 9.82. The highest BCUT2D eigenvalue weighted by Crippen LogP contribution is 2.41. The van der Waals surface area contributed by atoms with Crippen LogP contribution in [0.1, 0.15) is 83.2 Å². The number of pyridine rings is 1. The number of nitrogens with zero attached hydrogens (tertiary/aromatic N) is 3. The van der Waals surface area contributed by atoms with Crippen LogP contribution in [0.25, 0.3) is 11.1 Å². The Hall–Kier alpha value is -8.61. The molecule has 0 aliphatic carbocycles. The summed E-state index contributed by atoms with van der Waals surface area (Å²) in [5, 5.41) is 36.4. The molecule has 0 fully saturated rings. The maximum atomic E-state index is 15.4. The minimum Gasteiger partial charge on any atom is -0.481 e. The average molecular weight is 1090 g/mol. The number of carboxylic acid groups (broad SMARTS) is 1. The van der Waals surface area contributed by atoms with Crippen LogP contribution in [0.4, 0.5) is 8.78 Å². The van der Waals surface area contributed by atoms with Gasteiger partial charge >= 0.3 is 5.97 Å². The molecule has 2 heterocycles. The van der Waals surface area contributed by atoms with Crippen LogP contribution >= 0.6 is 0 Å². The molecule has 0 spiro atoms. The Morgan fingerprint density at radius 1 is 0.718 bits per heavy atom. The molecule has 25 heteroatoms. The number of hydrogen-bond acceptors (Lipinski definition) is 12. The summed E-state index contributed by atoms with van der Waals surface area (Å²) in [5.74, 6) is -10.2. The standard InChI is InChI=1S/C53H67F2N11O12/c1-31(61-44(70)23-33-15-18-57-19-16-33)49(75)62-32(2)50(76)64-40(26-42(56)68)52(78)63-39(51(77)59-21-20-58-45(71)27-60-43(69)13-14-47(73)74)17-22-66(46(72)30-67)48(53(3,4)5)41-24-35(37-25-36(54)11-12-38(37)55)29-65(41)28-34-9-7-6-8-10-34/h6-12,15-16,18-19,24-25,29,31-32,39-40,48,67H,13-14,17,20-23,26-28,30H2,1-5H3,(H2,56,68)(H,58,71)(H,59,77)(H,60,69)(H,61,70)(H,62,75)(H,63,78)(H,64,76)(H,73,74)/t31-,32-,39-,40-,48-/m0/s1. The highest BCUT2D eigenvalue weighted by atomic mass is 19.1. The zero-order chi connectivity index (χ0) is 57.7. The van der Waals surface area contributed by atoms with Crippen molar-refractivity contribution in [1.82, 2.24) is 51.7 Å². The van der Waals surface area contributed by atoms with Crippen molar-refractivity contribution >= 4 is 59.1 Å². The zero-order valence-electron chi connectivity index (χ0n) is 43.9. The molecule has 9 amide bonds. The number of benzene rings is 2. The third kappa shape index (κ3) is 19.8. The summed E-state index contributed by atoms with van der Waals surface area (Å²) in [5.41, 5.74) is 6.63. The van der Waals surface area contributed by atoms with E-state index in [4.69, 9.17) is 10.8 Å². The number of aromatic nitrogens is 2. The van der Waals surface area contributed by atoms with E-state index in [0.29, 0.717) is 11.3 Å². The number of carbonyl (C=O) groups is 10. The van der Waals surface area contributed by atoms with Crippen LogP contribution in [0.5, 0.6) is 0 Å². The van der Waals surface area contributed by atoms with Crippen molar-refractivity contribution in [3.63, 3.8) is 0 Å². The van der Waals surface area contributed by atoms with E-state index in [2.05, 4.69) is 42.2 Å². The van der Waals surface area contributed by atoms with Gasteiger partial charge in [-0.15, -0.1) is 0 Å². The Labute approximate surface area is 448 Å². The van der Waals surface area contributed by atoms with Gasteiger partial charge in [-0.3, -0.25) is 52.9 Å². The van der Waals surface area contributed by atoms with E-state index in [1.807, 2.05) is 30.3 Å². The first-order valence-electron chi connectivity index (χ1n) is 24.9. The molecule has 11 N–H and O–H groups in total. The van der Waals surface area contributed by atoms with Crippen molar-refractivity contribution in [2.45, 2.75) is 103 Å². The second kappa shape index (κ2) is 29.6. The van der Waals surface area contributed by atoms with Gasteiger partial charge in [0.15, 0.2) is 0 Å². The van der Waals surface area contributed by atoms with Crippen LogP contribution in [0, 0.1) is 17.0 Å². The van der Waals surface area contributed by atoms with E-state index in [-0.39, 0.29) is 50.1 Å². The Kier molecular flexibility index (Phi) is 23.5. The predicted molar refractivity (Wildman–Crippen MR) is 278 cm³/mol. The molecule has 420 valence electrons. The van der Waals surface area contributed by atoms with E-state index < -0.39 is 139 Å². The Morgan fingerprint density at radius 2 is 1.36 bits per heavy atom. The molecule has 0 unspecified atom stereocenters. The van der Waals surface area contributed by atoms with E-state index in [1.165, 1.54) is 31.1 Å². The van der Waals surface area contributed by atoms with Crippen molar-refractivity contribution < 1.29 is 66.9 Å². The number of hydrogen-bond donors (Lipinski definition) is 10. The number of amides is 9. The number of rotatable bonds is 29. The highest BCUT2D eigenvalue weighted by molar-refractivity contribution is 5.97. The van der Waals surface area contributed by atoms with Crippen molar-refractivity contribution in [1.29, 1.82) is 0 Å². The fourth-order valence-electron chi connectivity index (χ4n) is 8.13. The summed E-state index contributed by atoms with van der Waals surface area (Å²) in [4.78, 5) is 134. The van der Waals surface area contributed by atoms with Crippen molar-refractivity contribution in [2.75, 3.05) is 32.8 Å². The first-order valence-corrected chi connectivity index (χ1v) is 24.9. The number of nitrogens with one attached hydrogen (secondary N) is 7. The van der Waals surface area contributed by atoms with Crippen LogP contribution in [0.3, 0.4) is 0 Å². The first-order chi connectivity index (χ1) is 36.9. The van der Waals surface area contributed by atoms with Crippen LogP contribution in [0.2, 0.25) is 0 Å². The lowest BCUT2D eigenvalue weighted by Gasteiger charge is -2.41. The van der Waals surface area contributed by atoms with Gasteiger partial charge < -0.3 is 62.6 Å². The van der Waals surface area contributed by atoms with Gasteiger partial charge in [0.25, 0.3) is 0 Å². The molecule has 0 aliphatic heterocycles. The summed E-state index contributed by atoms with van der Waals surface area (Å²) < 4.78 is 31.8. The number of carboxylic acids is 1. The fraction of sp³-hybridized carbons (Fsp3) is 0.415. The molecular weight excluding hydrogens is 1020 g/mol. The molecular formula is C53H67F2N11O12. The molecule has 2 aromatic heterocycles. The van der Waals surface area contributed by atoms with Gasteiger partial charge in [0.1, 0.15) is 42.4 Å². The largest absolute Gasteiger partial charge is 0.481 e. The second-order valence-corrected chi connectivity index (χ2v) is 19.3. The molecule has 0 saturated heterocycles. The van der Waals surface area contributed by atoms with Crippen LogP contribution < -0.4 is 43.0 Å². The predicted octanol–water partition coefficient (Wildman–Crippen LogP) is 0.485. The van der Waals surface area contributed by atoms with Gasteiger partial charge in [-0.1, -0.05) is 51.1 Å². The van der Waals surface area contributed by atoms with Gasteiger partial charge in [-0.05, 0) is 73.2 Å². The minimum absolute atomic E-state index is 0.0631. The van der Waals surface area contributed by atoms with Crippen LogP contribution in [0.15, 0.2) is 85.3 Å². The topological polar surface area (TPSA) is 342 Å². The van der Waals surface area contributed by atoms with Crippen molar-refractivity contribution in [2.24, 2.45) is 11.1 Å². The molecule has 23 nitrogen and oxygen atoms in total. The van der Waals surface area contributed by atoms with E-state index >= 15 is 4.39 Å². The highest BCUT2D eigenvalue weighted by Gasteiger charge is 2.39. The number of aliphatic hydroxyl groups is 1. The van der Waals surface area contributed by atoms with Gasteiger partial charge in [0.2, 0.25) is 53.2 Å². The number of halogens is 2. The average Bonchev–Trinajstić information content (AvgIpc) is 3.84. The summed E-state index contributed by atoms with van der Waals surface area (Å²) in [7, 11) is 0. The molecule has 0 bridgehead atoms. The minimum atomic E-state index is -1.76. The summed E-state index contributed by atoms with van der Waals surface area (Å²) >= 11 is 0. The summed E-state index contributed by atoms with van der Waals surface area (Å²) in [6, 6.07) is 10.1. The molecule has 4 rings (SSSR count). The molecule has 0 aliphatic rings. The monoisotopic (exact) mass is 1090 g/mol. The quantitative estimate of drug-likeness (QED) is 0.0332. The van der Waals surface area contributed by atoms with E-state index in [1.54, 1.807) is 49.7 Å². The number of aliphatic carboxylic acids is 1. The van der Waals surface area contributed by atoms with Crippen LogP contribution in [-0.2, 0) is 60.9 Å². The molecule has 78 heavy (non-hydrogen) atoms. The third-order valence-corrected chi connectivity index (χ3v) is 12.0. The number of nitrogens with two attached hydrogens (primary N) is 1. The molecule has 2 aromatic carbocycles. The van der Waals surface area contributed by atoms with Gasteiger partial charge in [0, 0.05) is 68.0 Å². The molecule has 0 radical (unpaired) electrons. The number of aliphatic hydroxyl groups excluding tert-OH is 1. The SMILES string of the molecule is C[C@H](NC(=O)Cc1ccncc1)C(=O)N[C@@H](C)C(=O)N[C@@H](CC(N)=O)C(=O)N[C@@H](CCN(C(=O)CO)[C@@H](c1cc(-c2cc(F)ccc2F)cn1Cc1ccccc1)C(C)(C)C)C(=O)NCCNC(=O)CNC(=O)CCC(=O)O. The van der Waals surface area contributed by atoms with Crippen molar-refractivity contribution in [3.05, 3.63) is 114 Å². The summed E-state index contributed by atoms with van der Waals surface area (Å²) in [6.45, 7) is 5.79. The lowest BCUT2D eigenvalue weighted by molar-refractivity contribution is -0.140. The Bertz CT molecular complexity index is 2770. The van der Waals surface area contributed by atoms with Gasteiger partial charge in [-0.25, -0.2) is 8.78 Å². The maximum absolute atomic E-state index is 15.4. The molecule has 4 aromatic rings. The number of primary amides is 1. The normalized spacial score (nSPS) is 13.0. The number of carbonyl (C=O) groups excluding carboxylic acids is 9. The zero-order valence-corrected chi connectivity index (χ0v) is 43.9. The molecule has 5 atom stereocenters. The van der Waals surface area contributed by atoms with E-state index in [9.17, 15) is 57.4 Å². The van der Waals surface area contributed by atoms with E-state index in [0.717, 1.165) is 23.8 Å². The van der Waals surface area contributed by atoms with Crippen molar-refractivity contribution in [3.8, 4) is 11.1 Å². The third-order valence-electron chi connectivity index (χ3n) is 12.0. The van der Waals surface area contributed by atoms with Gasteiger partial charge in [0.05, 0.1) is 31.8 Å². The maximum Gasteiger partial charge on any atom is 0.303 e. The second-order valence-electron chi connectivity index (χ2n) is 19.3. The summed E-state index contributed by atoms with van der Waals surface area (Å²) in [6.07, 6.45) is 2.50. The molecule has 0 saturated carbocycles. The smallest absolute Gasteiger partial charge is 0.303 e. The Balaban J connectivity index is 1.63. The van der Waals surface area contributed by atoms with Crippen LogP contribution in [-0.4, -0.2) is 141 Å². The fourth-order valence-corrected chi connectivity index (χ4v) is 8.13. The lowest BCUT2D eigenvalue weighted by Crippen LogP contribution is -2.58.